The Morgan fingerprint density at radius 2 is 1.73 bits per heavy atom. The predicted molar refractivity (Wildman–Crippen MR) is 103 cm³/mol. The zero-order valence-electron chi connectivity index (χ0n) is 15.6. The smallest absolute Gasteiger partial charge is 0.241 e. The van der Waals surface area contributed by atoms with Crippen LogP contribution in [0.1, 0.15) is 41.8 Å². The van der Waals surface area contributed by atoms with Crippen molar-refractivity contribution in [3.63, 3.8) is 0 Å². The van der Waals surface area contributed by atoms with E-state index in [9.17, 15) is 8.42 Å². The highest BCUT2D eigenvalue weighted by Gasteiger charge is 2.20. The summed E-state index contributed by atoms with van der Waals surface area (Å²) in [7, 11) is -3.62. The summed E-state index contributed by atoms with van der Waals surface area (Å²) in [6.45, 7) is 7.67. The summed E-state index contributed by atoms with van der Waals surface area (Å²) >= 11 is 0. The van der Waals surface area contributed by atoms with Crippen LogP contribution in [0.25, 0.3) is 0 Å². The largest absolute Gasteiger partial charge is 0.357 e. The molecule has 7 heteroatoms. The van der Waals surface area contributed by atoms with Crippen molar-refractivity contribution >= 4 is 15.8 Å². The van der Waals surface area contributed by atoms with Gasteiger partial charge in [0.15, 0.2) is 0 Å². The van der Waals surface area contributed by atoms with Crippen LogP contribution in [-0.2, 0) is 16.6 Å². The molecule has 1 aliphatic heterocycles. The number of aromatic nitrogens is 2. The maximum atomic E-state index is 12.8. The SMILES string of the molecule is Cc1cc(C)c(S(=O)(=O)NCc2nccc(N3CCCCC3)n2)c(C)c1. The van der Waals surface area contributed by atoms with Gasteiger partial charge >= 0.3 is 0 Å². The third-order valence-corrected chi connectivity index (χ3v) is 6.37. The van der Waals surface area contributed by atoms with Gasteiger partial charge in [-0.05, 0) is 57.2 Å². The molecule has 140 valence electrons. The molecule has 1 fully saturated rings. The molecule has 0 radical (unpaired) electrons. The van der Waals surface area contributed by atoms with Crippen LogP contribution < -0.4 is 9.62 Å². The first kappa shape index (κ1) is 18.8. The molecule has 3 rings (SSSR count). The van der Waals surface area contributed by atoms with Gasteiger partial charge in [0.1, 0.15) is 11.6 Å². The lowest BCUT2D eigenvalue weighted by Crippen LogP contribution is -2.31. The second-order valence-electron chi connectivity index (χ2n) is 6.93. The van der Waals surface area contributed by atoms with Gasteiger partial charge in [0, 0.05) is 19.3 Å². The summed E-state index contributed by atoms with van der Waals surface area (Å²) in [5.74, 6) is 1.36. The molecular formula is C19H26N4O2S. The van der Waals surface area contributed by atoms with Crippen LogP contribution >= 0.6 is 0 Å². The fourth-order valence-corrected chi connectivity index (χ4v) is 5.02. The molecule has 0 unspecified atom stereocenters. The third kappa shape index (κ3) is 4.22. The Balaban J connectivity index is 1.76. The average molecular weight is 375 g/mol. The van der Waals surface area contributed by atoms with Crippen molar-refractivity contribution in [2.45, 2.75) is 51.5 Å². The van der Waals surface area contributed by atoms with Gasteiger partial charge in [0.25, 0.3) is 0 Å². The minimum absolute atomic E-state index is 0.0801. The predicted octanol–water partition coefficient (Wildman–Crippen LogP) is 2.87. The number of hydrogen-bond donors (Lipinski definition) is 1. The molecule has 1 aliphatic rings. The van der Waals surface area contributed by atoms with E-state index in [4.69, 9.17) is 0 Å². The molecule has 1 aromatic carbocycles. The fourth-order valence-electron chi connectivity index (χ4n) is 3.60. The zero-order valence-corrected chi connectivity index (χ0v) is 16.4. The quantitative estimate of drug-likeness (QED) is 0.871. The molecule has 1 aromatic heterocycles. The molecule has 0 spiro atoms. The Labute approximate surface area is 155 Å². The van der Waals surface area contributed by atoms with Crippen LogP contribution in [0.3, 0.4) is 0 Å². The topological polar surface area (TPSA) is 75.2 Å². The fraction of sp³-hybridized carbons (Fsp3) is 0.474. The Bertz CT molecular complexity index is 867. The van der Waals surface area contributed by atoms with E-state index in [1.807, 2.05) is 39.0 Å². The summed E-state index contributed by atoms with van der Waals surface area (Å²) in [4.78, 5) is 11.3. The van der Waals surface area contributed by atoms with Crippen LogP contribution in [0.4, 0.5) is 5.82 Å². The van der Waals surface area contributed by atoms with Crippen molar-refractivity contribution in [2.24, 2.45) is 0 Å². The van der Waals surface area contributed by atoms with Crippen molar-refractivity contribution in [1.29, 1.82) is 0 Å². The Kier molecular flexibility index (Phi) is 5.58. The summed E-state index contributed by atoms with van der Waals surface area (Å²) in [6.07, 6.45) is 5.28. The molecule has 1 saturated heterocycles. The van der Waals surface area contributed by atoms with E-state index in [1.165, 1.54) is 6.42 Å². The minimum atomic E-state index is -3.62. The highest BCUT2D eigenvalue weighted by atomic mass is 32.2. The lowest BCUT2D eigenvalue weighted by atomic mass is 10.1. The Morgan fingerprint density at radius 1 is 1.08 bits per heavy atom. The maximum absolute atomic E-state index is 12.8. The number of nitrogens with zero attached hydrogens (tertiary/aromatic N) is 3. The molecule has 0 saturated carbocycles. The number of piperidine rings is 1. The molecule has 0 amide bonds. The summed E-state index contributed by atoms with van der Waals surface area (Å²) < 4.78 is 28.2. The maximum Gasteiger partial charge on any atom is 0.241 e. The highest BCUT2D eigenvalue weighted by molar-refractivity contribution is 7.89. The molecule has 1 N–H and O–H groups in total. The van der Waals surface area contributed by atoms with Crippen LogP contribution in [0, 0.1) is 20.8 Å². The minimum Gasteiger partial charge on any atom is -0.357 e. The number of aryl methyl sites for hydroxylation is 3. The number of benzene rings is 1. The lowest BCUT2D eigenvalue weighted by Gasteiger charge is -2.27. The molecule has 26 heavy (non-hydrogen) atoms. The van der Waals surface area contributed by atoms with Gasteiger partial charge in [0.2, 0.25) is 10.0 Å². The lowest BCUT2D eigenvalue weighted by molar-refractivity contribution is 0.569. The molecule has 0 aliphatic carbocycles. The van der Waals surface area contributed by atoms with Crippen LogP contribution in [0.15, 0.2) is 29.3 Å². The first-order valence-corrected chi connectivity index (χ1v) is 10.5. The van der Waals surface area contributed by atoms with Crippen molar-refractivity contribution in [3.05, 3.63) is 46.9 Å². The van der Waals surface area contributed by atoms with E-state index in [2.05, 4.69) is 19.6 Å². The van der Waals surface area contributed by atoms with Gasteiger partial charge in [-0.25, -0.2) is 23.1 Å². The number of nitrogens with one attached hydrogen (secondary N) is 1. The van der Waals surface area contributed by atoms with Crippen molar-refractivity contribution in [3.8, 4) is 0 Å². The molecule has 6 nitrogen and oxygen atoms in total. The molecule has 2 aromatic rings. The van der Waals surface area contributed by atoms with E-state index < -0.39 is 10.0 Å². The van der Waals surface area contributed by atoms with Crippen molar-refractivity contribution in [2.75, 3.05) is 18.0 Å². The first-order chi connectivity index (χ1) is 12.4. The van der Waals surface area contributed by atoms with E-state index in [0.717, 1.165) is 48.4 Å². The number of anilines is 1. The summed E-state index contributed by atoms with van der Waals surface area (Å²) in [5, 5.41) is 0. The molecular weight excluding hydrogens is 348 g/mol. The molecule has 2 heterocycles. The highest BCUT2D eigenvalue weighted by Crippen LogP contribution is 2.22. The second kappa shape index (κ2) is 7.72. The first-order valence-electron chi connectivity index (χ1n) is 9.01. The summed E-state index contributed by atoms with van der Waals surface area (Å²) in [5.41, 5.74) is 2.55. The van der Waals surface area contributed by atoms with Gasteiger partial charge < -0.3 is 4.90 Å². The van der Waals surface area contributed by atoms with E-state index in [0.29, 0.717) is 10.7 Å². The van der Waals surface area contributed by atoms with Crippen molar-refractivity contribution in [1.82, 2.24) is 14.7 Å². The van der Waals surface area contributed by atoms with E-state index >= 15 is 0 Å². The van der Waals surface area contributed by atoms with Gasteiger partial charge in [-0.3, -0.25) is 0 Å². The standard InChI is InChI=1S/C19H26N4O2S/c1-14-11-15(2)19(16(3)12-14)26(24,25)21-13-17-20-8-7-18(22-17)23-9-5-4-6-10-23/h7-8,11-12,21H,4-6,9-10,13H2,1-3H3. The van der Waals surface area contributed by atoms with Crippen LogP contribution in [-0.4, -0.2) is 31.5 Å². The van der Waals surface area contributed by atoms with Gasteiger partial charge in [-0.15, -0.1) is 0 Å². The van der Waals surface area contributed by atoms with E-state index in [1.54, 1.807) is 6.20 Å². The molecule has 0 atom stereocenters. The average Bonchev–Trinajstić information content (AvgIpc) is 2.60. The van der Waals surface area contributed by atoms with Gasteiger partial charge in [0.05, 0.1) is 11.4 Å². The number of hydrogen-bond acceptors (Lipinski definition) is 5. The van der Waals surface area contributed by atoms with E-state index in [-0.39, 0.29) is 6.54 Å². The third-order valence-electron chi connectivity index (χ3n) is 4.66. The number of rotatable bonds is 5. The zero-order chi connectivity index (χ0) is 18.7. The second-order valence-corrected chi connectivity index (χ2v) is 8.63. The Morgan fingerprint density at radius 3 is 2.38 bits per heavy atom. The van der Waals surface area contributed by atoms with Crippen LogP contribution in [0.2, 0.25) is 0 Å². The Hall–Kier alpha value is -1.99. The van der Waals surface area contributed by atoms with Crippen molar-refractivity contribution < 1.29 is 8.42 Å². The monoisotopic (exact) mass is 374 g/mol. The van der Waals surface area contributed by atoms with Gasteiger partial charge in [-0.2, -0.15) is 0 Å². The summed E-state index contributed by atoms with van der Waals surface area (Å²) in [6, 6.07) is 5.65. The number of sulfonamides is 1. The van der Waals surface area contributed by atoms with Crippen LogP contribution in [0.5, 0.6) is 0 Å². The normalized spacial score (nSPS) is 15.3. The van der Waals surface area contributed by atoms with Gasteiger partial charge in [-0.1, -0.05) is 17.7 Å². The molecule has 0 bridgehead atoms.